The molecule has 0 radical (unpaired) electrons. The number of carbonyl (C=O) groups excluding carboxylic acids is 1. The van der Waals surface area contributed by atoms with Crippen molar-refractivity contribution < 1.29 is 33.5 Å². The molecule has 1 aromatic rings. The zero-order valence-corrected chi connectivity index (χ0v) is 13.8. The second kappa shape index (κ2) is 6.29. The predicted octanol–water partition coefficient (Wildman–Crippen LogP) is -1.93. The number of aryl methyl sites for hydroxylation is 1. The number of hydrogen-bond donors (Lipinski definition) is 0. The normalized spacial score (nSPS) is 27.9. The first-order chi connectivity index (χ1) is 9.45. The number of carboxylic acid groups (broad SMARTS) is 1. The molecule has 0 aromatic carbocycles. The topological polar surface area (TPSA) is 65.5 Å². The van der Waals surface area contributed by atoms with Crippen LogP contribution in [0.3, 0.4) is 0 Å². The Morgan fingerprint density at radius 1 is 1.48 bits per heavy atom. The average molecular weight is 302 g/mol. The number of ether oxygens (including phenoxy) is 1. The number of carboxylic acids is 1. The summed E-state index contributed by atoms with van der Waals surface area (Å²) in [7, 11) is 0. The van der Waals surface area contributed by atoms with E-state index in [4.69, 9.17) is 4.74 Å². The SMILES string of the molecule is Cc1nc(OC2CC3CC2CN3C(C)C)c(C(=O)[O-])s1.[Li+]. The molecule has 1 aromatic heterocycles. The van der Waals surface area contributed by atoms with E-state index in [9.17, 15) is 9.90 Å². The number of aromatic carboxylic acids is 1. The molecule has 3 unspecified atom stereocenters. The van der Waals surface area contributed by atoms with Gasteiger partial charge in [-0.1, -0.05) is 0 Å². The fourth-order valence-electron chi connectivity index (χ4n) is 3.48. The number of thiazole rings is 1. The molecular formula is C14H19LiN2O3S. The minimum atomic E-state index is -1.20. The van der Waals surface area contributed by atoms with Gasteiger partial charge in [0.25, 0.3) is 0 Å². The van der Waals surface area contributed by atoms with Crippen LogP contribution in [-0.2, 0) is 0 Å². The summed E-state index contributed by atoms with van der Waals surface area (Å²) in [4.78, 5) is 17.9. The van der Waals surface area contributed by atoms with Gasteiger partial charge in [0.05, 0.1) is 11.0 Å². The van der Waals surface area contributed by atoms with Gasteiger partial charge in [-0.15, -0.1) is 11.3 Å². The van der Waals surface area contributed by atoms with Crippen LogP contribution in [0, 0.1) is 12.8 Å². The average Bonchev–Trinajstić information content (AvgIpc) is 3.02. The van der Waals surface area contributed by atoms with E-state index in [1.807, 2.05) is 0 Å². The third kappa shape index (κ3) is 3.14. The molecule has 0 spiro atoms. The molecule has 0 N–H and O–H groups in total. The molecular weight excluding hydrogens is 283 g/mol. The third-order valence-electron chi connectivity index (χ3n) is 4.33. The first-order valence-corrected chi connectivity index (χ1v) is 7.88. The zero-order valence-electron chi connectivity index (χ0n) is 13.0. The van der Waals surface area contributed by atoms with Crippen molar-refractivity contribution in [3.8, 4) is 5.88 Å². The molecule has 3 rings (SSSR count). The molecule has 2 bridgehead atoms. The van der Waals surface area contributed by atoms with E-state index in [2.05, 4.69) is 23.7 Å². The Bertz CT molecular complexity index is 534. The van der Waals surface area contributed by atoms with Crippen LogP contribution in [0.25, 0.3) is 0 Å². The Hall–Kier alpha value is -0.543. The summed E-state index contributed by atoms with van der Waals surface area (Å²) in [5.41, 5.74) is 0. The van der Waals surface area contributed by atoms with Crippen molar-refractivity contribution >= 4 is 17.3 Å². The summed E-state index contributed by atoms with van der Waals surface area (Å²) in [6, 6.07) is 1.13. The standard InChI is InChI=1S/C14H20N2O3S.Li/c1-7(2)16-6-9-4-10(16)5-11(9)19-13-12(14(17)18)20-8(3)15-13;/h7,9-11H,4-6H2,1-3H3,(H,17,18);/q;+1/p-1. The third-order valence-corrected chi connectivity index (χ3v) is 5.27. The van der Waals surface area contributed by atoms with Crippen molar-refractivity contribution in [3.05, 3.63) is 9.88 Å². The summed E-state index contributed by atoms with van der Waals surface area (Å²) >= 11 is 1.12. The Kier molecular flexibility index (Phi) is 5.04. The molecule has 2 fully saturated rings. The van der Waals surface area contributed by atoms with Crippen LogP contribution in [0.15, 0.2) is 0 Å². The zero-order chi connectivity index (χ0) is 14.4. The fraction of sp³-hybridized carbons (Fsp3) is 0.714. The van der Waals surface area contributed by atoms with Crippen LogP contribution >= 0.6 is 11.3 Å². The molecule has 2 aliphatic rings. The van der Waals surface area contributed by atoms with Crippen LogP contribution < -0.4 is 28.7 Å². The van der Waals surface area contributed by atoms with Crippen molar-refractivity contribution in [1.82, 2.24) is 9.88 Å². The Morgan fingerprint density at radius 3 is 2.71 bits per heavy atom. The maximum absolute atomic E-state index is 11.1. The van der Waals surface area contributed by atoms with Crippen LogP contribution in [0.1, 0.15) is 41.4 Å². The molecule has 7 heteroatoms. The fourth-order valence-corrected chi connectivity index (χ4v) is 4.17. The second-order valence-electron chi connectivity index (χ2n) is 5.99. The maximum Gasteiger partial charge on any atom is 1.00 e. The van der Waals surface area contributed by atoms with Crippen LogP contribution in [0.5, 0.6) is 5.88 Å². The van der Waals surface area contributed by atoms with E-state index < -0.39 is 5.97 Å². The van der Waals surface area contributed by atoms with Crippen molar-refractivity contribution in [2.75, 3.05) is 6.54 Å². The molecule has 1 saturated heterocycles. The first kappa shape index (κ1) is 16.8. The van der Waals surface area contributed by atoms with Crippen LogP contribution in [0.4, 0.5) is 0 Å². The predicted molar refractivity (Wildman–Crippen MR) is 74.0 cm³/mol. The molecule has 1 saturated carbocycles. The maximum atomic E-state index is 11.1. The van der Waals surface area contributed by atoms with Gasteiger partial charge in [-0.2, -0.15) is 0 Å². The Balaban J connectivity index is 0.00000161. The van der Waals surface area contributed by atoms with Crippen molar-refractivity contribution in [2.24, 2.45) is 5.92 Å². The van der Waals surface area contributed by atoms with Crippen LogP contribution in [-0.4, -0.2) is 40.6 Å². The van der Waals surface area contributed by atoms with Gasteiger partial charge in [0.1, 0.15) is 11.0 Å². The molecule has 1 aliphatic carbocycles. The van der Waals surface area contributed by atoms with E-state index in [1.165, 1.54) is 0 Å². The van der Waals surface area contributed by atoms with Gasteiger partial charge in [-0.3, -0.25) is 4.90 Å². The molecule has 2 heterocycles. The van der Waals surface area contributed by atoms with Crippen LogP contribution in [0.2, 0.25) is 0 Å². The van der Waals surface area contributed by atoms with Gasteiger partial charge < -0.3 is 14.6 Å². The second-order valence-corrected chi connectivity index (χ2v) is 7.19. The number of nitrogens with zero attached hydrogens (tertiary/aromatic N) is 2. The number of piperidine rings is 1. The number of carbonyl (C=O) groups is 1. The van der Waals surface area contributed by atoms with E-state index in [-0.39, 0.29) is 35.7 Å². The number of fused-ring (bicyclic) bond motifs is 2. The quantitative estimate of drug-likeness (QED) is 0.606. The monoisotopic (exact) mass is 302 g/mol. The summed E-state index contributed by atoms with van der Waals surface area (Å²) in [6.45, 7) is 7.26. The molecule has 110 valence electrons. The summed E-state index contributed by atoms with van der Waals surface area (Å²) in [5.74, 6) is -0.460. The molecule has 21 heavy (non-hydrogen) atoms. The number of rotatable bonds is 4. The minimum Gasteiger partial charge on any atom is -0.544 e. The number of hydrogen-bond acceptors (Lipinski definition) is 6. The van der Waals surface area contributed by atoms with E-state index in [1.54, 1.807) is 6.92 Å². The molecule has 1 aliphatic heterocycles. The number of aromatic nitrogens is 1. The van der Waals surface area contributed by atoms with Crippen molar-refractivity contribution in [2.45, 2.75) is 51.8 Å². The smallest absolute Gasteiger partial charge is 0.544 e. The summed E-state index contributed by atoms with van der Waals surface area (Å²) in [5, 5.41) is 11.8. The minimum absolute atomic E-state index is 0. The van der Waals surface area contributed by atoms with Gasteiger partial charge in [0.15, 0.2) is 0 Å². The first-order valence-electron chi connectivity index (χ1n) is 7.07. The van der Waals surface area contributed by atoms with Crippen molar-refractivity contribution in [3.63, 3.8) is 0 Å². The van der Waals surface area contributed by atoms with Gasteiger partial charge in [-0.25, -0.2) is 4.98 Å². The van der Waals surface area contributed by atoms with E-state index >= 15 is 0 Å². The van der Waals surface area contributed by atoms with Gasteiger partial charge in [-0.05, 0) is 27.2 Å². The summed E-state index contributed by atoms with van der Waals surface area (Å²) in [6.07, 6.45) is 2.20. The number of likely N-dealkylation sites (tertiary alicyclic amines) is 1. The summed E-state index contributed by atoms with van der Waals surface area (Å²) < 4.78 is 5.90. The van der Waals surface area contributed by atoms with E-state index in [0.29, 0.717) is 23.0 Å². The van der Waals surface area contributed by atoms with E-state index in [0.717, 1.165) is 30.7 Å². The van der Waals surface area contributed by atoms with Crippen molar-refractivity contribution in [1.29, 1.82) is 0 Å². The Labute approximate surface area is 140 Å². The van der Waals surface area contributed by atoms with Gasteiger partial charge in [0.2, 0.25) is 5.88 Å². The van der Waals surface area contributed by atoms with Gasteiger partial charge >= 0.3 is 18.9 Å². The van der Waals surface area contributed by atoms with Gasteiger partial charge in [0, 0.05) is 31.0 Å². The Morgan fingerprint density at radius 2 is 2.19 bits per heavy atom. The molecule has 3 atom stereocenters. The molecule has 5 nitrogen and oxygen atoms in total. The largest absolute Gasteiger partial charge is 1.00 e. The molecule has 0 amide bonds.